The first-order valence-electron chi connectivity index (χ1n) is 5.04. The Bertz CT molecular complexity index is 313. The maximum Gasteiger partial charge on any atom is 0.142 e. The van der Waals surface area contributed by atoms with Crippen molar-refractivity contribution in [3.63, 3.8) is 0 Å². The molecule has 0 unspecified atom stereocenters. The van der Waals surface area contributed by atoms with Gasteiger partial charge in [0.05, 0.1) is 19.5 Å². The maximum absolute atomic E-state index is 5.30. The highest BCUT2D eigenvalue weighted by atomic mass is 16.5. The van der Waals surface area contributed by atoms with Crippen LogP contribution in [0.2, 0.25) is 0 Å². The molecule has 0 amide bonds. The highest BCUT2D eigenvalue weighted by molar-refractivity contribution is 5.58. The number of benzene rings is 1. The van der Waals surface area contributed by atoms with Gasteiger partial charge in [0.1, 0.15) is 5.75 Å². The molecule has 0 aromatic heterocycles. The summed E-state index contributed by atoms with van der Waals surface area (Å²) in [5.74, 6) is 6.54. The molecule has 0 atom stereocenters. The van der Waals surface area contributed by atoms with Crippen LogP contribution in [0.15, 0.2) is 18.2 Å². The first-order valence-corrected chi connectivity index (χ1v) is 5.04. The van der Waals surface area contributed by atoms with Gasteiger partial charge in [-0.2, -0.15) is 0 Å². The maximum atomic E-state index is 5.30. The molecule has 0 bridgehead atoms. The second-order valence-electron chi connectivity index (χ2n) is 3.67. The van der Waals surface area contributed by atoms with Crippen molar-refractivity contribution in [1.82, 2.24) is 5.43 Å². The molecule has 0 radical (unpaired) electrons. The van der Waals surface area contributed by atoms with E-state index in [1.807, 2.05) is 12.1 Å². The Balaban J connectivity index is 2.88. The van der Waals surface area contributed by atoms with Crippen molar-refractivity contribution in [1.29, 1.82) is 0 Å². The van der Waals surface area contributed by atoms with Crippen LogP contribution in [0.5, 0.6) is 5.75 Å². The zero-order valence-corrected chi connectivity index (χ0v) is 9.50. The lowest BCUT2D eigenvalue weighted by atomic mass is 10.0. The molecule has 0 aliphatic rings. The van der Waals surface area contributed by atoms with E-state index >= 15 is 0 Å². The van der Waals surface area contributed by atoms with Gasteiger partial charge in [-0.25, -0.2) is 5.43 Å². The quantitative estimate of drug-likeness (QED) is 0.392. The summed E-state index contributed by atoms with van der Waals surface area (Å²) in [4.78, 5) is 0. The lowest BCUT2D eigenvalue weighted by molar-refractivity contribution is 0.415. The predicted molar refractivity (Wildman–Crippen MR) is 62.9 cm³/mol. The number of nitrogens with one attached hydrogen (secondary N) is 2. The summed E-state index contributed by atoms with van der Waals surface area (Å²) in [6, 6.07) is 6.14. The van der Waals surface area contributed by atoms with Crippen molar-refractivity contribution < 1.29 is 4.74 Å². The summed E-state index contributed by atoms with van der Waals surface area (Å²) < 4.78 is 5.30. The van der Waals surface area contributed by atoms with Crippen LogP contribution < -0.4 is 21.3 Å². The summed E-state index contributed by atoms with van der Waals surface area (Å²) in [6.07, 6.45) is 0. The van der Waals surface area contributed by atoms with Gasteiger partial charge in [-0.1, -0.05) is 19.9 Å². The molecular weight excluding hydrogens is 190 g/mol. The SMILES string of the molecule is COc1cc(C(C)C)ccc1NCNN. The molecule has 0 fully saturated rings. The topological polar surface area (TPSA) is 59.3 Å². The molecule has 0 spiro atoms. The molecule has 0 heterocycles. The summed E-state index contributed by atoms with van der Waals surface area (Å²) in [7, 11) is 1.67. The van der Waals surface area contributed by atoms with E-state index < -0.39 is 0 Å². The average Bonchev–Trinajstić information content (AvgIpc) is 2.25. The van der Waals surface area contributed by atoms with Crippen LogP contribution in [0.25, 0.3) is 0 Å². The summed E-state index contributed by atoms with van der Waals surface area (Å²) in [6.45, 7) is 4.82. The smallest absolute Gasteiger partial charge is 0.142 e. The van der Waals surface area contributed by atoms with Crippen LogP contribution in [0.1, 0.15) is 25.3 Å². The number of ether oxygens (including phenoxy) is 1. The summed E-state index contributed by atoms with van der Waals surface area (Å²) in [5, 5.41) is 3.12. The van der Waals surface area contributed by atoms with Crippen LogP contribution in [0.3, 0.4) is 0 Å². The predicted octanol–water partition coefficient (Wildman–Crippen LogP) is 1.65. The Morgan fingerprint density at radius 2 is 2.13 bits per heavy atom. The molecule has 4 heteroatoms. The molecule has 0 aliphatic heterocycles. The van der Waals surface area contributed by atoms with Gasteiger partial charge < -0.3 is 10.1 Å². The third-order valence-corrected chi connectivity index (χ3v) is 2.27. The Hall–Kier alpha value is -1.26. The number of rotatable bonds is 5. The second kappa shape index (κ2) is 5.58. The average molecular weight is 209 g/mol. The van der Waals surface area contributed by atoms with Crippen molar-refractivity contribution in [2.45, 2.75) is 19.8 Å². The standard InChI is InChI=1S/C11H19N3O/c1-8(2)9-4-5-10(13-7-14-12)11(6-9)15-3/h4-6,8,13-14H,7,12H2,1-3H3. The van der Waals surface area contributed by atoms with Crippen molar-refractivity contribution in [2.75, 3.05) is 19.1 Å². The highest BCUT2D eigenvalue weighted by Gasteiger charge is 2.05. The minimum Gasteiger partial charge on any atom is -0.495 e. The monoisotopic (exact) mass is 209 g/mol. The molecule has 4 N–H and O–H groups in total. The molecule has 84 valence electrons. The first-order chi connectivity index (χ1) is 7.19. The lowest BCUT2D eigenvalue weighted by Crippen LogP contribution is -2.28. The number of hydrazine groups is 1. The lowest BCUT2D eigenvalue weighted by Gasteiger charge is -2.13. The van der Waals surface area contributed by atoms with Gasteiger partial charge in [-0.05, 0) is 23.6 Å². The Labute approximate surface area is 90.8 Å². The Morgan fingerprint density at radius 3 is 2.67 bits per heavy atom. The van der Waals surface area contributed by atoms with Crippen molar-refractivity contribution in [3.8, 4) is 5.75 Å². The summed E-state index contributed by atoms with van der Waals surface area (Å²) >= 11 is 0. The molecule has 0 aliphatic carbocycles. The van der Waals surface area contributed by atoms with E-state index in [4.69, 9.17) is 10.6 Å². The van der Waals surface area contributed by atoms with E-state index in [1.165, 1.54) is 5.56 Å². The van der Waals surface area contributed by atoms with Crippen molar-refractivity contribution in [3.05, 3.63) is 23.8 Å². The molecule has 1 aromatic rings. The van der Waals surface area contributed by atoms with Crippen LogP contribution in [0, 0.1) is 0 Å². The minimum atomic E-state index is 0.501. The molecule has 1 aromatic carbocycles. The van der Waals surface area contributed by atoms with E-state index in [0.29, 0.717) is 12.6 Å². The van der Waals surface area contributed by atoms with E-state index in [2.05, 4.69) is 30.7 Å². The van der Waals surface area contributed by atoms with E-state index in [1.54, 1.807) is 7.11 Å². The molecular formula is C11H19N3O. The zero-order valence-electron chi connectivity index (χ0n) is 9.50. The zero-order chi connectivity index (χ0) is 11.3. The molecule has 4 nitrogen and oxygen atoms in total. The van der Waals surface area contributed by atoms with E-state index in [0.717, 1.165) is 11.4 Å². The fourth-order valence-corrected chi connectivity index (χ4v) is 1.36. The van der Waals surface area contributed by atoms with E-state index in [9.17, 15) is 0 Å². The van der Waals surface area contributed by atoms with Gasteiger partial charge in [0.2, 0.25) is 0 Å². The Kier molecular flexibility index (Phi) is 4.39. The van der Waals surface area contributed by atoms with Gasteiger partial charge in [-0.3, -0.25) is 5.84 Å². The fourth-order valence-electron chi connectivity index (χ4n) is 1.36. The first kappa shape index (κ1) is 11.8. The van der Waals surface area contributed by atoms with Crippen molar-refractivity contribution >= 4 is 5.69 Å². The van der Waals surface area contributed by atoms with E-state index in [-0.39, 0.29) is 0 Å². The number of anilines is 1. The number of hydrogen-bond donors (Lipinski definition) is 3. The third kappa shape index (κ3) is 3.11. The number of nitrogens with two attached hydrogens (primary N) is 1. The highest BCUT2D eigenvalue weighted by Crippen LogP contribution is 2.28. The molecule has 0 saturated heterocycles. The minimum absolute atomic E-state index is 0.501. The van der Waals surface area contributed by atoms with Crippen LogP contribution >= 0.6 is 0 Å². The van der Waals surface area contributed by atoms with Gasteiger partial charge in [-0.15, -0.1) is 0 Å². The van der Waals surface area contributed by atoms with Crippen LogP contribution in [0.4, 0.5) is 5.69 Å². The fraction of sp³-hybridized carbons (Fsp3) is 0.455. The molecule has 1 rings (SSSR count). The molecule has 15 heavy (non-hydrogen) atoms. The van der Waals surface area contributed by atoms with Gasteiger partial charge >= 0.3 is 0 Å². The second-order valence-corrected chi connectivity index (χ2v) is 3.67. The normalized spacial score (nSPS) is 10.5. The number of methoxy groups -OCH3 is 1. The largest absolute Gasteiger partial charge is 0.495 e. The third-order valence-electron chi connectivity index (χ3n) is 2.27. The number of hydrogen-bond acceptors (Lipinski definition) is 4. The van der Waals surface area contributed by atoms with Crippen LogP contribution in [-0.4, -0.2) is 13.8 Å². The van der Waals surface area contributed by atoms with Gasteiger partial charge in [0.15, 0.2) is 0 Å². The summed E-state index contributed by atoms with van der Waals surface area (Å²) in [5.41, 5.74) is 4.74. The van der Waals surface area contributed by atoms with Crippen LogP contribution in [-0.2, 0) is 0 Å². The van der Waals surface area contributed by atoms with Gasteiger partial charge in [0, 0.05) is 0 Å². The molecule has 0 saturated carbocycles. The van der Waals surface area contributed by atoms with Gasteiger partial charge in [0.25, 0.3) is 0 Å². The Morgan fingerprint density at radius 1 is 1.40 bits per heavy atom. The van der Waals surface area contributed by atoms with Crippen molar-refractivity contribution in [2.24, 2.45) is 5.84 Å².